The maximum absolute atomic E-state index is 13.4. The first kappa shape index (κ1) is 25.5. The lowest BCUT2D eigenvalue weighted by molar-refractivity contribution is 0.166. The van der Waals surface area contributed by atoms with E-state index in [0.717, 1.165) is 24.2 Å². The third-order valence-electron chi connectivity index (χ3n) is 6.25. The number of halogens is 2. The summed E-state index contributed by atoms with van der Waals surface area (Å²) in [6, 6.07) is 1.32. The van der Waals surface area contributed by atoms with Crippen molar-refractivity contribution in [3.05, 3.63) is 46.1 Å². The van der Waals surface area contributed by atoms with Gasteiger partial charge in [0.05, 0.1) is 30.4 Å². The molecule has 0 spiro atoms. The number of aliphatic hydroxyl groups is 1. The first-order valence-electron chi connectivity index (χ1n) is 11.1. The molecule has 2 aliphatic rings. The molecule has 188 valence electrons. The van der Waals surface area contributed by atoms with Crippen LogP contribution in [-0.2, 0) is 6.54 Å². The number of rotatable bonds is 7. The second-order valence-corrected chi connectivity index (χ2v) is 9.52. The van der Waals surface area contributed by atoms with E-state index in [2.05, 4.69) is 32.1 Å². The number of fused-ring (bicyclic) bond motifs is 1. The predicted octanol–water partition coefficient (Wildman–Crippen LogP) is 2.87. The Morgan fingerprint density at radius 1 is 1.29 bits per heavy atom. The smallest absolute Gasteiger partial charge is 0.330 e. The van der Waals surface area contributed by atoms with Crippen LogP contribution in [0.1, 0.15) is 11.1 Å². The largest absolute Gasteiger partial charge is 0.495 e. The summed E-state index contributed by atoms with van der Waals surface area (Å²) in [7, 11) is 5.16. The molecule has 3 heterocycles. The molecular formula is C23H29Cl2N7O3. The van der Waals surface area contributed by atoms with E-state index >= 15 is 0 Å². The topological polar surface area (TPSA) is 106 Å². The molecule has 3 N–H and O–H groups in total. The van der Waals surface area contributed by atoms with Gasteiger partial charge in [0, 0.05) is 37.9 Å². The highest BCUT2D eigenvalue weighted by Gasteiger charge is 2.36. The number of nitrogens with zero attached hydrogens (tertiary/aromatic N) is 5. The molecule has 3 atom stereocenters. The van der Waals surface area contributed by atoms with E-state index in [9.17, 15) is 9.90 Å². The average molecular weight is 522 g/mol. The molecule has 4 rings (SSSR count). The van der Waals surface area contributed by atoms with Crippen LogP contribution in [0.3, 0.4) is 0 Å². The van der Waals surface area contributed by atoms with Crippen LogP contribution < -0.4 is 25.2 Å². The Hall–Kier alpha value is -2.63. The minimum absolute atomic E-state index is 0.0388. The number of nitrogens with one attached hydrogen (secondary N) is 2. The summed E-state index contributed by atoms with van der Waals surface area (Å²) in [5.41, 5.74) is 1.87. The van der Waals surface area contributed by atoms with Gasteiger partial charge in [0.2, 0.25) is 5.95 Å². The molecule has 0 saturated carbocycles. The monoisotopic (exact) mass is 521 g/mol. The van der Waals surface area contributed by atoms with Gasteiger partial charge >= 0.3 is 6.03 Å². The highest BCUT2D eigenvalue weighted by Crippen LogP contribution is 2.44. The van der Waals surface area contributed by atoms with Gasteiger partial charge in [-0.2, -0.15) is 4.98 Å². The molecule has 1 saturated heterocycles. The summed E-state index contributed by atoms with van der Waals surface area (Å²) in [6.07, 6.45) is 2.32. The van der Waals surface area contributed by atoms with Gasteiger partial charge in [-0.15, -0.1) is 0 Å². The van der Waals surface area contributed by atoms with Crippen LogP contribution in [0.5, 0.6) is 5.75 Å². The van der Waals surface area contributed by atoms with Crippen LogP contribution in [0.25, 0.3) is 0 Å². The zero-order valence-electron chi connectivity index (χ0n) is 20.0. The van der Waals surface area contributed by atoms with Gasteiger partial charge < -0.3 is 20.1 Å². The average Bonchev–Trinajstić information content (AvgIpc) is 3.17. The summed E-state index contributed by atoms with van der Waals surface area (Å²) < 4.78 is 5.37. The van der Waals surface area contributed by atoms with Crippen molar-refractivity contribution < 1.29 is 14.6 Å². The molecule has 0 radical (unpaired) electrons. The number of likely N-dealkylation sites (N-methyl/N-ethyl adjacent to an activating group) is 1. The van der Waals surface area contributed by atoms with Gasteiger partial charge in [0.1, 0.15) is 22.8 Å². The molecule has 35 heavy (non-hydrogen) atoms. The highest BCUT2D eigenvalue weighted by atomic mass is 35.5. The van der Waals surface area contributed by atoms with Gasteiger partial charge in [-0.1, -0.05) is 29.8 Å². The summed E-state index contributed by atoms with van der Waals surface area (Å²) in [4.78, 5) is 27.6. The van der Waals surface area contributed by atoms with Crippen molar-refractivity contribution >= 4 is 46.7 Å². The van der Waals surface area contributed by atoms with Crippen molar-refractivity contribution in [1.82, 2.24) is 20.2 Å². The lowest BCUT2D eigenvalue weighted by Crippen LogP contribution is -2.48. The van der Waals surface area contributed by atoms with Gasteiger partial charge in [0.15, 0.2) is 0 Å². The molecule has 1 aromatic heterocycles. The van der Waals surface area contributed by atoms with Gasteiger partial charge in [-0.05, 0) is 31.7 Å². The fraction of sp³-hybridized carbons (Fsp3) is 0.435. The fourth-order valence-electron chi connectivity index (χ4n) is 4.43. The number of urea groups is 1. The van der Waals surface area contributed by atoms with Crippen LogP contribution in [0.15, 0.2) is 24.9 Å². The van der Waals surface area contributed by atoms with Crippen molar-refractivity contribution in [2.45, 2.75) is 31.8 Å². The van der Waals surface area contributed by atoms with Crippen molar-refractivity contribution in [1.29, 1.82) is 0 Å². The Bertz CT molecular complexity index is 1150. The zero-order chi connectivity index (χ0) is 25.4. The quantitative estimate of drug-likeness (QED) is 0.377. The number of amides is 2. The van der Waals surface area contributed by atoms with E-state index < -0.39 is 6.23 Å². The molecule has 3 unspecified atom stereocenters. The Morgan fingerprint density at radius 3 is 2.69 bits per heavy atom. The van der Waals surface area contributed by atoms with Gasteiger partial charge in [0.25, 0.3) is 0 Å². The number of aromatic nitrogens is 2. The Labute approximate surface area is 214 Å². The van der Waals surface area contributed by atoms with E-state index in [-0.39, 0.29) is 29.7 Å². The number of benzene rings is 1. The third-order valence-corrected chi connectivity index (χ3v) is 7.09. The van der Waals surface area contributed by atoms with Gasteiger partial charge in [-0.25, -0.2) is 9.78 Å². The molecule has 10 nitrogen and oxygen atoms in total. The SMILES string of the molecule is C=CC(O)NC1CN(C)CC1Nc1ncc2c(n1)N(C)C(=O)N(c1c(Cl)c(C)cc(OC)c1Cl)C2. The Balaban J connectivity index is 1.61. The van der Waals surface area contributed by atoms with Crippen molar-refractivity contribution in [2.24, 2.45) is 0 Å². The summed E-state index contributed by atoms with van der Waals surface area (Å²) in [5, 5.41) is 17.0. The number of hydrogen-bond donors (Lipinski definition) is 3. The number of methoxy groups -OCH3 is 1. The summed E-state index contributed by atoms with van der Waals surface area (Å²) >= 11 is 13.1. The summed E-state index contributed by atoms with van der Waals surface area (Å²) in [6.45, 7) is 7.11. The molecular weight excluding hydrogens is 493 g/mol. The molecule has 2 amide bonds. The van der Waals surface area contributed by atoms with E-state index in [1.54, 1.807) is 19.3 Å². The Kier molecular flexibility index (Phi) is 7.39. The lowest BCUT2D eigenvalue weighted by Gasteiger charge is -2.35. The van der Waals surface area contributed by atoms with Crippen molar-refractivity contribution in [2.75, 3.05) is 49.4 Å². The molecule has 1 fully saturated rings. The molecule has 0 bridgehead atoms. The van der Waals surface area contributed by atoms with E-state index in [0.29, 0.717) is 28.2 Å². The van der Waals surface area contributed by atoms with E-state index in [1.807, 2.05) is 14.0 Å². The lowest BCUT2D eigenvalue weighted by atomic mass is 10.1. The minimum atomic E-state index is -0.811. The first-order valence-corrected chi connectivity index (χ1v) is 11.9. The number of aryl methyl sites for hydroxylation is 1. The number of likely N-dealkylation sites (tertiary alicyclic amines) is 1. The van der Waals surface area contributed by atoms with Gasteiger partial charge in [-0.3, -0.25) is 15.1 Å². The molecule has 2 aromatic rings. The van der Waals surface area contributed by atoms with Crippen LogP contribution in [0.2, 0.25) is 10.0 Å². The van der Waals surface area contributed by atoms with Crippen molar-refractivity contribution in [3.8, 4) is 5.75 Å². The molecule has 1 aromatic carbocycles. The fourth-order valence-corrected chi connectivity index (χ4v) is 5.06. The van der Waals surface area contributed by atoms with Crippen LogP contribution in [0, 0.1) is 6.92 Å². The Morgan fingerprint density at radius 2 is 2.00 bits per heavy atom. The standard InChI is InChI=1S/C23H29Cl2N7O3/c1-6-17(33)27-14-10-30(3)11-15(14)28-22-26-8-13-9-32(23(34)31(4)21(13)29-22)20-18(24)12(2)7-16(35-5)19(20)25/h6-8,14-15,17,27,33H,1,9-11H2,2-5H3,(H,26,28,29). The number of hydrogen-bond acceptors (Lipinski definition) is 8. The maximum Gasteiger partial charge on any atom is 0.330 e. The summed E-state index contributed by atoms with van der Waals surface area (Å²) in [5.74, 6) is 1.33. The predicted molar refractivity (Wildman–Crippen MR) is 138 cm³/mol. The van der Waals surface area contributed by atoms with E-state index in [1.165, 1.54) is 23.0 Å². The number of anilines is 3. The maximum atomic E-state index is 13.4. The van der Waals surface area contributed by atoms with E-state index in [4.69, 9.17) is 27.9 Å². The van der Waals surface area contributed by atoms with Crippen LogP contribution in [0.4, 0.5) is 22.2 Å². The zero-order valence-corrected chi connectivity index (χ0v) is 21.6. The van der Waals surface area contributed by atoms with Crippen LogP contribution >= 0.6 is 23.2 Å². The molecule has 12 heteroatoms. The second-order valence-electron chi connectivity index (χ2n) is 8.77. The number of carbonyl (C=O) groups excluding carboxylic acids is 1. The number of carbonyl (C=O) groups is 1. The molecule has 0 aliphatic carbocycles. The molecule has 2 aliphatic heterocycles. The van der Waals surface area contributed by atoms with Crippen molar-refractivity contribution in [3.63, 3.8) is 0 Å². The highest BCUT2D eigenvalue weighted by molar-refractivity contribution is 6.41. The number of ether oxygens (including phenoxy) is 1. The first-order chi connectivity index (χ1) is 16.6. The third kappa shape index (κ3) is 4.89. The minimum Gasteiger partial charge on any atom is -0.495 e. The normalized spacial score (nSPS) is 21.2. The van der Waals surface area contributed by atoms with Crippen LogP contribution in [-0.4, -0.2) is 78.6 Å². The number of aliphatic hydroxyl groups excluding tert-OH is 1. The second kappa shape index (κ2) is 10.2.